The van der Waals surface area contributed by atoms with Crippen LogP contribution in [0.3, 0.4) is 0 Å². The first-order chi connectivity index (χ1) is 8.69. The Morgan fingerprint density at radius 2 is 2.11 bits per heavy atom. The van der Waals surface area contributed by atoms with Gasteiger partial charge in [0.25, 0.3) is 0 Å². The largest absolute Gasteiger partial charge is 0.317 e. The third-order valence-corrected chi connectivity index (χ3v) is 4.49. The van der Waals surface area contributed by atoms with Crippen molar-refractivity contribution in [2.24, 2.45) is 5.92 Å². The minimum atomic E-state index is 0.190. The molecule has 1 aliphatic heterocycles. The second-order valence-corrected chi connectivity index (χ2v) is 5.99. The van der Waals surface area contributed by atoms with E-state index in [1.54, 1.807) is 11.8 Å². The predicted octanol–water partition coefficient (Wildman–Crippen LogP) is 3.90. The molecule has 0 aromatic carbocycles. The van der Waals surface area contributed by atoms with Gasteiger partial charge in [0.1, 0.15) is 0 Å². The standard InChI is InChI=1S/C15H25NOS/c1-4-6-7-14(5-2)18-12(3)15(17)13-8-10-16-11-9-13/h5,13,16H,3-4,6-11H2,1-2H3/b14-5-. The lowest BCUT2D eigenvalue weighted by molar-refractivity contribution is -0.119. The summed E-state index contributed by atoms with van der Waals surface area (Å²) in [5.74, 6) is 0.452. The Hall–Kier alpha value is -0.540. The zero-order chi connectivity index (χ0) is 13.4. The highest BCUT2D eigenvalue weighted by atomic mass is 32.2. The Bertz CT molecular complexity index is 316. The number of hydrogen-bond acceptors (Lipinski definition) is 3. The van der Waals surface area contributed by atoms with Crippen LogP contribution in [0.2, 0.25) is 0 Å². The molecule has 0 radical (unpaired) electrons. The number of carbonyl (C=O) groups is 1. The first-order valence-electron chi connectivity index (χ1n) is 6.95. The number of allylic oxidation sites excluding steroid dienone is 3. The summed E-state index contributed by atoms with van der Waals surface area (Å²) in [4.78, 5) is 14.3. The number of Topliss-reactive ketones (excluding diaryl/α,β-unsaturated/α-hetero) is 1. The van der Waals surface area contributed by atoms with Crippen LogP contribution in [-0.2, 0) is 4.79 Å². The minimum Gasteiger partial charge on any atom is -0.317 e. The smallest absolute Gasteiger partial charge is 0.172 e. The number of nitrogens with one attached hydrogen (secondary N) is 1. The van der Waals surface area contributed by atoms with Crippen molar-refractivity contribution in [3.63, 3.8) is 0 Å². The maximum absolute atomic E-state index is 12.2. The van der Waals surface area contributed by atoms with Gasteiger partial charge in [-0.1, -0.05) is 37.8 Å². The fourth-order valence-corrected chi connectivity index (χ4v) is 3.07. The third kappa shape index (κ3) is 4.99. The van der Waals surface area contributed by atoms with E-state index in [1.807, 2.05) is 6.92 Å². The molecule has 0 saturated carbocycles. The van der Waals surface area contributed by atoms with E-state index in [0.717, 1.165) is 37.3 Å². The average Bonchev–Trinajstić information content (AvgIpc) is 2.43. The van der Waals surface area contributed by atoms with Gasteiger partial charge in [0.15, 0.2) is 5.78 Å². The molecule has 0 aromatic rings. The first kappa shape index (κ1) is 15.5. The third-order valence-electron chi connectivity index (χ3n) is 3.34. The molecule has 1 heterocycles. The van der Waals surface area contributed by atoms with Crippen molar-refractivity contribution in [3.05, 3.63) is 22.5 Å². The van der Waals surface area contributed by atoms with Crippen LogP contribution < -0.4 is 5.32 Å². The zero-order valence-electron chi connectivity index (χ0n) is 11.6. The predicted molar refractivity (Wildman–Crippen MR) is 80.6 cm³/mol. The van der Waals surface area contributed by atoms with E-state index in [1.165, 1.54) is 17.7 Å². The Balaban J connectivity index is 2.45. The van der Waals surface area contributed by atoms with Crippen molar-refractivity contribution in [1.29, 1.82) is 0 Å². The van der Waals surface area contributed by atoms with Gasteiger partial charge in [-0.05, 0) is 50.6 Å². The summed E-state index contributed by atoms with van der Waals surface area (Å²) < 4.78 is 0. The molecule has 0 aliphatic carbocycles. The molecule has 18 heavy (non-hydrogen) atoms. The van der Waals surface area contributed by atoms with E-state index >= 15 is 0 Å². The lowest BCUT2D eigenvalue weighted by Crippen LogP contribution is -2.32. The molecule has 0 atom stereocenters. The summed E-state index contributed by atoms with van der Waals surface area (Å²) >= 11 is 1.58. The van der Waals surface area contributed by atoms with Crippen LogP contribution in [0.1, 0.15) is 46.0 Å². The maximum atomic E-state index is 12.2. The summed E-state index contributed by atoms with van der Waals surface area (Å²) in [6.45, 7) is 10.1. The van der Waals surface area contributed by atoms with Crippen molar-refractivity contribution < 1.29 is 4.79 Å². The number of unbranched alkanes of at least 4 members (excludes halogenated alkanes) is 1. The molecule has 2 nitrogen and oxygen atoms in total. The van der Waals surface area contributed by atoms with Crippen molar-refractivity contribution in [2.75, 3.05) is 13.1 Å². The Labute approximate surface area is 115 Å². The molecule has 1 saturated heterocycles. The molecule has 102 valence electrons. The highest BCUT2D eigenvalue weighted by Crippen LogP contribution is 2.31. The van der Waals surface area contributed by atoms with Crippen molar-refractivity contribution >= 4 is 17.5 Å². The monoisotopic (exact) mass is 267 g/mol. The van der Waals surface area contributed by atoms with E-state index in [-0.39, 0.29) is 11.7 Å². The van der Waals surface area contributed by atoms with Gasteiger partial charge in [-0.3, -0.25) is 4.79 Å². The molecule has 3 heteroatoms. The van der Waals surface area contributed by atoms with E-state index in [0.29, 0.717) is 0 Å². The molecule has 0 unspecified atom stereocenters. The van der Waals surface area contributed by atoms with Gasteiger partial charge in [0.2, 0.25) is 0 Å². The molecule has 0 aromatic heterocycles. The highest BCUT2D eigenvalue weighted by Gasteiger charge is 2.23. The van der Waals surface area contributed by atoms with Crippen LogP contribution in [0.4, 0.5) is 0 Å². The van der Waals surface area contributed by atoms with Crippen LogP contribution in [0.25, 0.3) is 0 Å². The number of hydrogen-bond donors (Lipinski definition) is 1. The molecule has 0 bridgehead atoms. The van der Waals surface area contributed by atoms with Crippen molar-refractivity contribution in [1.82, 2.24) is 5.32 Å². The summed E-state index contributed by atoms with van der Waals surface area (Å²) in [7, 11) is 0. The van der Waals surface area contributed by atoms with Crippen LogP contribution in [0, 0.1) is 5.92 Å². The molecule has 0 amide bonds. The molecule has 1 aliphatic rings. The second kappa shape index (κ2) is 8.54. The Morgan fingerprint density at radius 3 is 2.67 bits per heavy atom. The quantitative estimate of drug-likeness (QED) is 0.709. The molecular formula is C15H25NOS. The van der Waals surface area contributed by atoms with Crippen LogP contribution >= 0.6 is 11.8 Å². The fourth-order valence-electron chi connectivity index (χ4n) is 2.13. The lowest BCUT2D eigenvalue weighted by Gasteiger charge is -2.22. The van der Waals surface area contributed by atoms with Gasteiger partial charge in [-0.2, -0.15) is 0 Å². The van der Waals surface area contributed by atoms with Gasteiger partial charge in [0.05, 0.1) is 0 Å². The Morgan fingerprint density at radius 1 is 1.44 bits per heavy atom. The summed E-state index contributed by atoms with van der Waals surface area (Å²) in [5.41, 5.74) is 0. The van der Waals surface area contributed by atoms with Gasteiger partial charge in [-0.15, -0.1) is 0 Å². The highest BCUT2D eigenvalue weighted by molar-refractivity contribution is 8.07. The zero-order valence-corrected chi connectivity index (χ0v) is 12.4. The minimum absolute atomic E-state index is 0.190. The number of piperidine rings is 1. The average molecular weight is 267 g/mol. The van der Waals surface area contributed by atoms with E-state index in [4.69, 9.17) is 0 Å². The van der Waals surface area contributed by atoms with E-state index in [2.05, 4.69) is 24.9 Å². The number of rotatable bonds is 7. The van der Waals surface area contributed by atoms with E-state index in [9.17, 15) is 4.79 Å². The maximum Gasteiger partial charge on any atom is 0.172 e. The van der Waals surface area contributed by atoms with Gasteiger partial charge in [0, 0.05) is 10.8 Å². The van der Waals surface area contributed by atoms with Gasteiger partial charge >= 0.3 is 0 Å². The Kier molecular flexibility index (Phi) is 7.36. The number of thioether (sulfide) groups is 1. The van der Waals surface area contributed by atoms with Crippen LogP contribution in [-0.4, -0.2) is 18.9 Å². The van der Waals surface area contributed by atoms with Gasteiger partial charge < -0.3 is 5.32 Å². The summed E-state index contributed by atoms with van der Waals surface area (Å²) in [6, 6.07) is 0. The topological polar surface area (TPSA) is 29.1 Å². The number of carbonyl (C=O) groups excluding carboxylic acids is 1. The van der Waals surface area contributed by atoms with Gasteiger partial charge in [-0.25, -0.2) is 0 Å². The summed E-state index contributed by atoms with van der Waals surface area (Å²) in [6.07, 6.45) is 7.46. The van der Waals surface area contributed by atoms with E-state index < -0.39 is 0 Å². The first-order valence-corrected chi connectivity index (χ1v) is 7.77. The summed E-state index contributed by atoms with van der Waals surface area (Å²) in [5, 5.41) is 3.29. The SMILES string of the molecule is C=C(S/C(=C\C)CCCC)C(=O)C1CCNCC1. The lowest BCUT2D eigenvalue weighted by atomic mass is 9.93. The van der Waals surface area contributed by atoms with Crippen LogP contribution in [0.5, 0.6) is 0 Å². The second-order valence-electron chi connectivity index (χ2n) is 4.77. The fraction of sp³-hybridized carbons (Fsp3) is 0.667. The van der Waals surface area contributed by atoms with Crippen molar-refractivity contribution in [3.8, 4) is 0 Å². The number of ketones is 1. The van der Waals surface area contributed by atoms with Crippen LogP contribution in [0.15, 0.2) is 22.5 Å². The molecule has 1 N–H and O–H groups in total. The normalized spacial score (nSPS) is 17.8. The molecule has 1 fully saturated rings. The molecule has 1 rings (SSSR count). The molecule has 0 spiro atoms. The molecular weight excluding hydrogens is 242 g/mol. The van der Waals surface area contributed by atoms with Crippen molar-refractivity contribution in [2.45, 2.75) is 46.0 Å².